The standard InChI is InChI=1S/C22H19ClN4O/c1-22(2,28)10-9-15-5-4-6-17(13-15)26(3)20-18-8-7-16(23)14-19(18)27-12-11-24-21(27)25-20/h4-8,11-14,28H,1-3H3. The highest BCUT2D eigenvalue weighted by atomic mass is 35.5. The first-order valence-electron chi connectivity index (χ1n) is 8.83. The summed E-state index contributed by atoms with van der Waals surface area (Å²) in [5.41, 5.74) is 1.66. The summed E-state index contributed by atoms with van der Waals surface area (Å²) in [6.45, 7) is 3.33. The molecule has 0 bridgehead atoms. The molecule has 0 saturated heterocycles. The number of rotatable bonds is 2. The number of imidazole rings is 1. The van der Waals surface area contributed by atoms with Crippen LogP contribution in [0.1, 0.15) is 19.4 Å². The van der Waals surface area contributed by atoms with Crippen molar-refractivity contribution in [1.82, 2.24) is 14.4 Å². The second kappa shape index (κ2) is 6.83. The van der Waals surface area contributed by atoms with Gasteiger partial charge in [0, 0.05) is 41.1 Å². The molecule has 5 nitrogen and oxygen atoms in total. The Balaban J connectivity index is 1.84. The van der Waals surface area contributed by atoms with Gasteiger partial charge in [-0.1, -0.05) is 29.5 Å². The highest BCUT2D eigenvalue weighted by Gasteiger charge is 2.15. The van der Waals surface area contributed by atoms with Crippen LogP contribution in [-0.2, 0) is 0 Å². The quantitative estimate of drug-likeness (QED) is 0.514. The number of hydrogen-bond donors (Lipinski definition) is 1. The van der Waals surface area contributed by atoms with Gasteiger partial charge in [0.25, 0.3) is 0 Å². The number of aliphatic hydroxyl groups is 1. The molecule has 4 rings (SSSR count). The first-order valence-corrected chi connectivity index (χ1v) is 9.21. The number of halogens is 1. The van der Waals surface area contributed by atoms with Crippen LogP contribution in [0.2, 0.25) is 5.02 Å². The van der Waals surface area contributed by atoms with E-state index in [-0.39, 0.29) is 0 Å². The molecule has 0 aliphatic carbocycles. The average molecular weight is 391 g/mol. The van der Waals surface area contributed by atoms with Gasteiger partial charge in [-0.15, -0.1) is 0 Å². The smallest absolute Gasteiger partial charge is 0.236 e. The summed E-state index contributed by atoms with van der Waals surface area (Å²) in [4.78, 5) is 11.1. The van der Waals surface area contributed by atoms with Crippen LogP contribution < -0.4 is 4.90 Å². The van der Waals surface area contributed by atoms with Gasteiger partial charge < -0.3 is 10.0 Å². The van der Waals surface area contributed by atoms with Gasteiger partial charge in [-0.25, -0.2) is 4.98 Å². The summed E-state index contributed by atoms with van der Waals surface area (Å²) in [6.07, 6.45) is 3.59. The minimum absolute atomic E-state index is 0.606. The van der Waals surface area contributed by atoms with Gasteiger partial charge >= 0.3 is 0 Å². The Morgan fingerprint density at radius 3 is 2.79 bits per heavy atom. The normalized spacial score (nSPS) is 11.5. The molecule has 0 unspecified atom stereocenters. The third kappa shape index (κ3) is 3.53. The molecule has 140 valence electrons. The third-order valence-electron chi connectivity index (χ3n) is 4.35. The van der Waals surface area contributed by atoms with Gasteiger partial charge in [0.15, 0.2) is 0 Å². The molecule has 2 aromatic heterocycles. The summed E-state index contributed by atoms with van der Waals surface area (Å²) in [5.74, 6) is 7.25. The minimum atomic E-state index is -1.04. The highest BCUT2D eigenvalue weighted by molar-refractivity contribution is 6.31. The van der Waals surface area contributed by atoms with Crippen molar-refractivity contribution in [3.05, 3.63) is 65.4 Å². The monoisotopic (exact) mass is 390 g/mol. The fraction of sp³-hybridized carbons (Fsp3) is 0.182. The van der Waals surface area contributed by atoms with Crippen molar-refractivity contribution in [1.29, 1.82) is 0 Å². The largest absolute Gasteiger partial charge is 0.378 e. The van der Waals surface area contributed by atoms with E-state index in [0.717, 1.165) is 28.0 Å². The van der Waals surface area contributed by atoms with Crippen molar-refractivity contribution >= 4 is 39.8 Å². The van der Waals surface area contributed by atoms with Crippen LogP contribution in [0.5, 0.6) is 0 Å². The first-order chi connectivity index (χ1) is 13.3. The van der Waals surface area contributed by atoms with Crippen LogP contribution in [0.25, 0.3) is 16.7 Å². The lowest BCUT2D eigenvalue weighted by molar-refractivity contribution is 0.143. The zero-order valence-corrected chi connectivity index (χ0v) is 16.6. The maximum atomic E-state index is 9.84. The molecule has 0 fully saturated rings. The Bertz CT molecular complexity index is 1240. The zero-order valence-electron chi connectivity index (χ0n) is 15.8. The summed E-state index contributed by atoms with van der Waals surface area (Å²) in [6, 6.07) is 13.6. The van der Waals surface area contributed by atoms with Crippen LogP contribution in [0.4, 0.5) is 11.5 Å². The number of fused-ring (bicyclic) bond motifs is 3. The molecule has 2 heterocycles. The number of hydrogen-bond acceptors (Lipinski definition) is 4. The Morgan fingerprint density at radius 1 is 1.18 bits per heavy atom. The summed E-state index contributed by atoms with van der Waals surface area (Å²) >= 11 is 6.22. The second-order valence-electron chi connectivity index (χ2n) is 7.11. The van der Waals surface area contributed by atoms with E-state index >= 15 is 0 Å². The van der Waals surface area contributed by atoms with E-state index in [2.05, 4.69) is 16.8 Å². The molecule has 6 heteroatoms. The molecule has 28 heavy (non-hydrogen) atoms. The van der Waals surface area contributed by atoms with Crippen molar-refractivity contribution in [2.45, 2.75) is 19.4 Å². The van der Waals surface area contributed by atoms with Gasteiger partial charge in [-0.3, -0.25) is 4.40 Å². The maximum absolute atomic E-state index is 9.84. The zero-order chi connectivity index (χ0) is 19.9. The van der Waals surface area contributed by atoms with E-state index in [1.807, 2.05) is 65.0 Å². The van der Waals surface area contributed by atoms with Crippen molar-refractivity contribution in [2.24, 2.45) is 0 Å². The van der Waals surface area contributed by atoms with E-state index in [9.17, 15) is 5.11 Å². The molecule has 0 atom stereocenters. The molecule has 4 aromatic rings. The summed E-state index contributed by atoms with van der Waals surface area (Å²) < 4.78 is 1.92. The van der Waals surface area contributed by atoms with Gasteiger partial charge in [-0.05, 0) is 50.2 Å². The lowest BCUT2D eigenvalue weighted by Crippen LogP contribution is -2.14. The van der Waals surface area contributed by atoms with Crippen LogP contribution in [0, 0.1) is 11.8 Å². The van der Waals surface area contributed by atoms with Gasteiger partial charge in [0.2, 0.25) is 5.78 Å². The number of nitrogens with zero attached hydrogens (tertiary/aromatic N) is 4. The topological polar surface area (TPSA) is 53.7 Å². The molecule has 0 aliphatic rings. The van der Waals surface area contributed by atoms with E-state index < -0.39 is 5.60 Å². The molecule has 0 spiro atoms. The SMILES string of the molecule is CN(c1cccc(C#CC(C)(C)O)c1)c1nc2nccn2c2cc(Cl)ccc12. The molecule has 0 saturated carbocycles. The lowest BCUT2D eigenvalue weighted by Gasteiger charge is -2.21. The Morgan fingerprint density at radius 2 is 2.00 bits per heavy atom. The number of anilines is 2. The molecule has 1 N–H and O–H groups in total. The van der Waals surface area contributed by atoms with Gasteiger partial charge in [0.05, 0.1) is 5.52 Å². The average Bonchev–Trinajstić information content (AvgIpc) is 3.13. The van der Waals surface area contributed by atoms with Crippen LogP contribution >= 0.6 is 11.6 Å². The molecule has 0 amide bonds. The van der Waals surface area contributed by atoms with Crippen molar-refractivity contribution in [3.8, 4) is 11.8 Å². The lowest BCUT2D eigenvalue weighted by atomic mass is 10.1. The minimum Gasteiger partial charge on any atom is -0.378 e. The predicted molar refractivity (Wildman–Crippen MR) is 113 cm³/mol. The molecular weight excluding hydrogens is 372 g/mol. The Hall–Kier alpha value is -3.07. The van der Waals surface area contributed by atoms with E-state index in [4.69, 9.17) is 16.6 Å². The van der Waals surface area contributed by atoms with Crippen molar-refractivity contribution < 1.29 is 5.11 Å². The number of aromatic nitrogens is 3. The van der Waals surface area contributed by atoms with E-state index in [1.165, 1.54) is 0 Å². The fourth-order valence-electron chi connectivity index (χ4n) is 3.01. The third-order valence-corrected chi connectivity index (χ3v) is 4.59. The first kappa shape index (κ1) is 18.3. The van der Waals surface area contributed by atoms with Crippen LogP contribution in [0.15, 0.2) is 54.9 Å². The fourth-order valence-corrected chi connectivity index (χ4v) is 3.18. The van der Waals surface area contributed by atoms with Gasteiger partial charge in [-0.2, -0.15) is 4.98 Å². The number of benzene rings is 2. The summed E-state index contributed by atoms with van der Waals surface area (Å²) in [7, 11) is 1.96. The maximum Gasteiger partial charge on any atom is 0.236 e. The van der Waals surface area contributed by atoms with Crippen LogP contribution in [0.3, 0.4) is 0 Å². The van der Waals surface area contributed by atoms with E-state index in [1.54, 1.807) is 20.0 Å². The van der Waals surface area contributed by atoms with Crippen LogP contribution in [-0.4, -0.2) is 32.1 Å². The summed E-state index contributed by atoms with van der Waals surface area (Å²) in [5, 5.41) is 11.5. The molecule has 2 aromatic carbocycles. The van der Waals surface area contributed by atoms with Gasteiger partial charge in [0.1, 0.15) is 11.4 Å². The molecule has 0 aliphatic heterocycles. The second-order valence-corrected chi connectivity index (χ2v) is 7.55. The highest BCUT2D eigenvalue weighted by Crippen LogP contribution is 2.31. The van der Waals surface area contributed by atoms with Crippen molar-refractivity contribution in [3.63, 3.8) is 0 Å². The Labute approximate surface area is 168 Å². The Kier molecular flexibility index (Phi) is 4.46. The predicted octanol–water partition coefficient (Wildman–Crippen LogP) is 4.43. The van der Waals surface area contributed by atoms with Crippen molar-refractivity contribution in [2.75, 3.05) is 11.9 Å². The molecule has 0 radical (unpaired) electrons. The van der Waals surface area contributed by atoms with E-state index in [0.29, 0.717) is 10.8 Å². The molecular formula is C22H19ClN4O.